The number of ether oxygens (including phenoxy) is 1. The molecule has 1 rings (SSSR count). The summed E-state index contributed by atoms with van der Waals surface area (Å²) in [6.07, 6.45) is 6.40. The highest BCUT2D eigenvalue weighted by Gasteiger charge is 2.29. The largest absolute Gasteiger partial charge is 0.466 e. The van der Waals surface area contributed by atoms with Crippen LogP contribution >= 0.6 is 12.2 Å². The third kappa shape index (κ3) is 4.03. The van der Waals surface area contributed by atoms with E-state index in [4.69, 9.17) is 4.74 Å². The van der Waals surface area contributed by atoms with Gasteiger partial charge in [0.05, 0.1) is 23.7 Å². The van der Waals surface area contributed by atoms with E-state index in [0.29, 0.717) is 6.61 Å². The molecule has 0 aromatic heterocycles. The molecule has 2 atom stereocenters. The van der Waals surface area contributed by atoms with Crippen molar-refractivity contribution in [1.29, 1.82) is 0 Å². The standard InChI is InChI=1S/C12H19NO2S/c1-2-15-12(14)10-7-5-3-4-6-8-11(10)13-9-16/h10-11H,2-8H2,1H3/t10-,11+/m0/s1. The number of rotatable bonds is 3. The molecule has 16 heavy (non-hydrogen) atoms. The molecule has 0 N–H and O–H groups in total. The van der Waals surface area contributed by atoms with Gasteiger partial charge in [-0.3, -0.25) is 4.79 Å². The van der Waals surface area contributed by atoms with E-state index in [9.17, 15) is 4.79 Å². The molecular weight excluding hydrogens is 222 g/mol. The number of hydrogen-bond acceptors (Lipinski definition) is 4. The number of hydrogen-bond donors (Lipinski definition) is 0. The lowest BCUT2D eigenvalue weighted by atomic mass is 9.87. The second-order valence-electron chi connectivity index (χ2n) is 4.14. The third-order valence-corrected chi connectivity index (χ3v) is 3.14. The van der Waals surface area contributed by atoms with Crippen molar-refractivity contribution in [2.24, 2.45) is 10.9 Å². The number of nitrogens with zero attached hydrogens (tertiary/aromatic N) is 1. The lowest BCUT2D eigenvalue weighted by molar-refractivity contribution is -0.149. The maximum Gasteiger partial charge on any atom is 0.311 e. The first-order valence-electron chi connectivity index (χ1n) is 6.03. The van der Waals surface area contributed by atoms with E-state index >= 15 is 0 Å². The Hall–Kier alpha value is -0.730. The molecule has 90 valence electrons. The van der Waals surface area contributed by atoms with E-state index in [2.05, 4.69) is 22.4 Å². The number of carbonyl (C=O) groups is 1. The Morgan fingerprint density at radius 3 is 2.69 bits per heavy atom. The number of aliphatic imine (C=N–C) groups is 1. The highest BCUT2D eigenvalue weighted by atomic mass is 32.1. The molecule has 0 heterocycles. The number of thiocarbonyl (C=S) groups is 1. The fourth-order valence-corrected chi connectivity index (χ4v) is 2.35. The smallest absolute Gasteiger partial charge is 0.311 e. The predicted molar refractivity (Wildman–Crippen MR) is 66.6 cm³/mol. The third-order valence-electron chi connectivity index (χ3n) is 3.04. The summed E-state index contributed by atoms with van der Waals surface area (Å²) >= 11 is 4.65. The monoisotopic (exact) mass is 241 g/mol. The Kier molecular flexibility index (Phi) is 6.27. The normalized spacial score (nSPS) is 26.1. The van der Waals surface area contributed by atoms with Crippen molar-refractivity contribution in [2.75, 3.05) is 6.61 Å². The van der Waals surface area contributed by atoms with Crippen LogP contribution in [-0.2, 0) is 9.53 Å². The number of esters is 1. The molecule has 0 aromatic rings. The van der Waals surface area contributed by atoms with Crippen LogP contribution < -0.4 is 0 Å². The molecule has 1 fully saturated rings. The number of isothiocyanates is 1. The van der Waals surface area contributed by atoms with Gasteiger partial charge in [-0.2, -0.15) is 0 Å². The fourth-order valence-electron chi connectivity index (χ4n) is 2.21. The summed E-state index contributed by atoms with van der Waals surface area (Å²) in [5, 5.41) is 2.41. The lowest BCUT2D eigenvalue weighted by Crippen LogP contribution is -2.29. The molecule has 0 bridgehead atoms. The molecule has 3 nitrogen and oxygen atoms in total. The minimum Gasteiger partial charge on any atom is -0.466 e. The van der Waals surface area contributed by atoms with Crippen LogP contribution in [0.25, 0.3) is 0 Å². The van der Waals surface area contributed by atoms with E-state index in [0.717, 1.165) is 25.7 Å². The van der Waals surface area contributed by atoms with Gasteiger partial charge in [0.1, 0.15) is 0 Å². The summed E-state index contributed by atoms with van der Waals surface area (Å²) in [4.78, 5) is 15.9. The molecule has 0 unspecified atom stereocenters. The molecule has 1 aliphatic rings. The van der Waals surface area contributed by atoms with E-state index in [-0.39, 0.29) is 17.9 Å². The van der Waals surface area contributed by atoms with Gasteiger partial charge in [0.15, 0.2) is 0 Å². The van der Waals surface area contributed by atoms with Crippen LogP contribution in [0.1, 0.15) is 45.4 Å². The highest BCUT2D eigenvalue weighted by Crippen LogP contribution is 2.26. The Morgan fingerprint density at radius 1 is 1.38 bits per heavy atom. The van der Waals surface area contributed by atoms with Crippen LogP contribution in [0.4, 0.5) is 0 Å². The quantitative estimate of drug-likeness (QED) is 0.433. The van der Waals surface area contributed by atoms with Crippen LogP contribution in [0, 0.1) is 5.92 Å². The molecule has 0 amide bonds. The van der Waals surface area contributed by atoms with Crippen molar-refractivity contribution in [1.82, 2.24) is 0 Å². The van der Waals surface area contributed by atoms with Crippen molar-refractivity contribution in [3.63, 3.8) is 0 Å². The summed E-state index contributed by atoms with van der Waals surface area (Å²) in [7, 11) is 0. The highest BCUT2D eigenvalue weighted by molar-refractivity contribution is 7.78. The average molecular weight is 241 g/mol. The van der Waals surface area contributed by atoms with E-state index in [1.165, 1.54) is 12.8 Å². The minimum atomic E-state index is -0.122. The first-order chi connectivity index (χ1) is 7.79. The topological polar surface area (TPSA) is 38.7 Å². The molecule has 4 heteroatoms. The first kappa shape index (κ1) is 13.3. The van der Waals surface area contributed by atoms with Gasteiger partial charge in [0.2, 0.25) is 0 Å². The SMILES string of the molecule is CCOC(=O)[C@H]1CCCCCC[C@H]1N=C=S. The van der Waals surface area contributed by atoms with E-state index < -0.39 is 0 Å². The van der Waals surface area contributed by atoms with Gasteiger partial charge in [-0.15, -0.1) is 0 Å². The molecule has 1 aliphatic carbocycles. The van der Waals surface area contributed by atoms with Crippen LogP contribution in [0.5, 0.6) is 0 Å². The summed E-state index contributed by atoms with van der Waals surface area (Å²) < 4.78 is 5.09. The minimum absolute atomic E-state index is 0.0168. The first-order valence-corrected chi connectivity index (χ1v) is 6.44. The maximum atomic E-state index is 11.8. The van der Waals surface area contributed by atoms with E-state index in [1.807, 2.05) is 6.92 Å². The van der Waals surface area contributed by atoms with Gasteiger partial charge in [-0.25, -0.2) is 4.99 Å². The Bertz CT molecular complexity index is 274. The van der Waals surface area contributed by atoms with E-state index in [1.54, 1.807) is 0 Å². The van der Waals surface area contributed by atoms with Gasteiger partial charge < -0.3 is 4.74 Å². The van der Waals surface area contributed by atoms with Crippen molar-refractivity contribution in [3.05, 3.63) is 0 Å². The van der Waals surface area contributed by atoms with Crippen molar-refractivity contribution < 1.29 is 9.53 Å². The zero-order valence-corrected chi connectivity index (χ0v) is 10.6. The second kappa shape index (κ2) is 7.53. The summed E-state index contributed by atoms with van der Waals surface area (Å²) in [6.45, 7) is 2.27. The van der Waals surface area contributed by atoms with Crippen LogP contribution in [0.3, 0.4) is 0 Å². The van der Waals surface area contributed by atoms with Crippen molar-refractivity contribution in [3.8, 4) is 0 Å². The van der Waals surface area contributed by atoms with Gasteiger partial charge in [0.25, 0.3) is 0 Å². The van der Waals surface area contributed by atoms with Crippen LogP contribution in [0.15, 0.2) is 4.99 Å². The molecule has 0 aromatic carbocycles. The molecule has 0 radical (unpaired) electrons. The molecule has 1 saturated carbocycles. The van der Waals surface area contributed by atoms with Crippen LogP contribution in [0.2, 0.25) is 0 Å². The van der Waals surface area contributed by atoms with Crippen LogP contribution in [-0.4, -0.2) is 23.8 Å². The molecule has 0 spiro atoms. The van der Waals surface area contributed by atoms with Gasteiger partial charge >= 0.3 is 5.97 Å². The van der Waals surface area contributed by atoms with Gasteiger partial charge in [-0.1, -0.05) is 25.7 Å². The maximum absolute atomic E-state index is 11.8. The molecular formula is C12H19NO2S. The second-order valence-corrected chi connectivity index (χ2v) is 4.32. The lowest BCUT2D eigenvalue weighted by Gasteiger charge is -2.23. The van der Waals surface area contributed by atoms with Crippen molar-refractivity contribution >= 4 is 23.3 Å². The van der Waals surface area contributed by atoms with Crippen molar-refractivity contribution in [2.45, 2.75) is 51.5 Å². The average Bonchev–Trinajstić information content (AvgIpc) is 2.22. The zero-order chi connectivity index (χ0) is 11.8. The zero-order valence-electron chi connectivity index (χ0n) is 9.78. The Balaban J connectivity index is 2.70. The van der Waals surface area contributed by atoms with Gasteiger partial charge in [0, 0.05) is 0 Å². The summed E-state index contributed by atoms with van der Waals surface area (Å²) in [5.74, 6) is -0.237. The Labute approximate surface area is 102 Å². The Morgan fingerprint density at radius 2 is 2.06 bits per heavy atom. The van der Waals surface area contributed by atoms with Gasteiger partial charge in [-0.05, 0) is 32.0 Å². The fraction of sp³-hybridized carbons (Fsp3) is 0.833. The molecule has 0 aliphatic heterocycles. The molecule has 0 saturated heterocycles. The number of carbonyl (C=O) groups excluding carboxylic acids is 1. The predicted octanol–water partition coefficient (Wildman–Crippen LogP) is 2.99. The summed E-state index contributed by atoms with van der Waals surface area (Å²) in [5.41, 5.74) is 0. The summed E-state index contributed by atoms with van der Waals surface area (Å²) in [6, 6.07) is -0.0168.